The molecule has 1 aliphatic carbocycles. The van der Waals surface area contributed by atoms with Crippen LogP contribution >= 0.6 is 0 Å². The second-order valence-electron chi connectivity index (χ2n) is 11.3. The lowest BCUT2D eigenvalue weighted by Gasteiger charge is -2.38. The summed E-state index contributed by atoms with van der Waals surface area (Å²) in [5.74, 6) is -2.75. The summed E-state index contributed by atoms with van der Waals surface area (Å²) in [6, 6.07) is 14.7. The van der Waals surface area contributed by atoms with Gasteiger partial charge in [0, 0.05) is 0 Å². The van der Waals surface area contributed by atoms with Crippen LogP contribution in [0.2, 0.25) is 0 Å². The number of allylic oxidation sites excluding steroid dienone is 1. The van der Waals surface area contributed by atoms with E-state index >= 15 is 0 Å². The first-order valence-electron chi connectivity index (χ1n) is 14.6. The molecule has 11 heteroatoms. The molecule has 10 nitrogen and oxygen atoms in total. The topological polar surface area (TPSA) is 167 Å². The van der Waals surface area contributed by atoms with Gasteiger partial charge in [0.2, 0.25) is 5.91 Å². The first-order valence-corrected chi connectivity index (χ1v) is 16.0. The fourth-order valence-electron chi connectivity index (χ4n) is 5.16. The van der Waals surface area contributed by atoms with Crippen molar-refractivity contribution in [3.8, 4) is 0 Å². The van der Waals surface area contributed by atoms with E-state index in [-0.39, 0.29) is 23.3 Å². The number of nitrogens with one attached hydrogen (secondary N) is 1. The van der Waals surface area contributed by atoms with E-state index in [1.165, 1.54) is 17.1 Å². The average Bonchev–Trinajstić information content (AvgIpc) is 3.49. The van der Waals surface area contributed by atoms with Crippen LogP contribution in [-0.4, -0.2) is 53.0 Å². The van der Waals surface area contributed by atoms with E-state index in [2.05, 4.69) is 5.43 Å². The molecule has 0 aromatic heterocycles. The molecule has 0 radical (unpaired) electrons. The van der Waals surface area contributed by atoms with Gasteiger partial charge in [-0.15, -0.1) is 0 Å². The number of hydrogen-bond acceptors (Lipinski definition) is 6. The Hall–Kier alpha value is -3.54. The fraction of sp³-hybridized carbons (Fsp3) is 0.469. The van der Waals surface area contributed by atoms with Crippen molar-refractivity contribution in [3.05, 3.63) is 71.8 Å². The van der Waals surface area contributed by atoms with Crippen molar-refractivity contribution in [1.82, 2.24) is 10.4 Å². The maximum Gasteiger partial charge on any atom is 0.307 e. The number of nitrogens with zero attached hydrogens (tertiary/aromatic N) is 1. The van der Waals surface area contributed by atoms with Gasteiger partial charge in [0.1, 0.15) is 0 Å². The average molecular weight is 616 g/mol. The molecule has 0 aliphatic heterocycles. The van der Waals surface area contributed by atoms with Gasteiger partial charge in [-0.3, -0.25) is 24.4 Å². The van der Waals surface area contributed by atoms with E-state index in [0.29, 0.717) is 12.8 Å². The van der Waals surface area contributed by atoms with Gasteiger partial charge in [-0.25, -0.2) is 5.01 Å². The van der Waals surface area contributed by atoms with Crippen molar-refractivity contribution in [2.24, 2.45) is 17.1 Å². The monoisotopic (exact) mass is 615 g/mol. The van der Waals surface area contributed by atoms with Crippen molar-refractivity contribution >= 4 is 34.0 Å². The largest absolute Gasteiger partial charge is 0.481 e. The second-order valence-corrected chi connectivity index (χ2v) is 12.7. The van der Waals surface area contributed by atoms with Crippen molar-refractivity contribution in [2.75, 3.05) is 0 Å². The smallest absolute Gasteiger partial charge is 0.307 e. The summed E-state index contributed by atoms with van der Waals surface area (Å²) in [6.45, 7) is 7.04. The number of carboxylic acids is 1. The number of aryl methyl sites for hydroxylation is 1. The summed E-state index contributed by atoms with van der Waals surface area (Å²) in [6.07, 6.45) is 8.47. The Balaban J connectivity index is 0.000000490. The highest BCUT2D eigenvalue weighted by atomic mass is 32.2. The summed E-state index contributed by atoms with van der Waals surface area (Å²) in [5, 5.41) is 11.4. The minimum atomic E-state index is -4.02. The Morgan fingerprint density at radius 3 is 2.16 bits per heavy atom. The van der Waals surface area contributed by atoms with Crippen LogP contribution in [-0.2, 0) is 24.5 Å². The molecule has 43 heavy (non-hydrogen) atoms. The van der Waals surface area contributed by atoms with Crippen molar-refractivity contribution in [3.63, 3.8) is 0 Å². The van der Waals surface area contributed by atoms with Crippen molar-refractivity contribution in [2.45, 2.75) is 89.6 Å². The number of hydrogen-bond donors (Lipinski definition) is 4. The molecule has 0 unspecified atom stereocenters. The van der Waals surface area contributed by atoms with Crippen molar-refractivity contribution in [1.29, 1.82) is 0 Å². The van der Waals surface area contributed by atoms with Gasteiger partial charge < -0.3 is 10.8 Å². The third-order valence-electron chi connectivity index (χ3n) is 7.69. The molecule has 3 rings (SSSR count). The fourth-order valence-corrected chi connectivity index (χ4v) is 5.64. The molecule has 1 saturated carbocycles. The summed E-state index contributed by atoms with van der Waals surface area (Å²) in [7, 11) is -4.02. The standard InChI is InChI=1S/C25H37N3O4.C7H8O3S/c1-4-17-25(3,21(23(30)31)16-10-13-19-11-6-5-7-12-19)24(32)27-28(22(29)18(2)26)20-14-8-9-15-20;1-6-2-4-7(5-3-6)11(8,9)10/h5-7,10-13,18,20-21H,4,8-9,14-17,26H2,1-3H3,(H,27,32)(H,30,31);2-5H,1H3,(H,8,9,10)/t18-,21+,25+;/m1./s1. The van der Waals surface area contributed by atoms with Gasteiger partial charge in [-0.05, 0) is 64.2 Å². The van der Waals surface area contributed by atoms with E-state index in [1.807, 2.05) is 50.3 Å². The quantitative estimate of drug-likeness (QED) is 0.203. The SMILES string of the molecule is CCC[C@](C)(C(=O)NN(C(=O)[C@@H](C)N)C1CCCC1)[C@@H](CC=Cc1ccccc1)C(=O)O.Cc1ccc(S(=O)(=O)O)cc1. The van der Waals surface area contributed by atoms with Gasteiger partial charge in [0.05, 0.1) is 28.3 Å². The molecule has 236 valence electrons. The summed E-state index contributed by atoms with van der Waals surface area (Å²) in [4.78, 5) is 38.4. The Morgan fingerprint density at radius 2 is 1.67 bits per heavy atom. The van der Waals surface area contributed by atoms with Crippen LogP contribution in [0.4, 0.5) is 0 Å². The number of aliphatic carboxylic acids is 1. The maximum absolute atomic E-state index is 13.5. The number of carbonyl (C=O) groups excluding carboxylic acids is 2. The van der Waals surface area contributed by atoms with Crippen molar-refractivity contribution < 1.29 is 32.5 Å². The minimum absolute atomic E-state index is 0.0666. The van der Waals surface area contributed by atoms with E-state index in [1.54, 1.807) is 32.1 Å². The lowest BCUT2D eigenvalue weighted by molar-refractivity contribution is -0.158. The minimum Gasteiger partial charge on any atom is -0.481 e. The Labute approximate surface area is 255 Å². The molecule has 3 atom stereocenters. The van der Waals surface area contributed by atoms with Crippen LogP contribution in [0, 0.1) is 18.3 Å². The number of carbonyl (C=O) groups is 3. The Morgan fingerprint density at radius 1 is 1.09 bits per heavy atom. The lowest BCUT2D eigenvalue weighted by atomic mass is 9.71. The number of rotatable bonds is 11. The van der Waals surface area contributed by atoms with E-state index in [0.717, 1.165) is 36.8 Å². The van der Waals surface area contributed by atoms with Crippen LogP contribution in [0.15, 0.2) is 65.6 Å². The highest BCUT2D eigenvalue weighted by Gasteiger charge is 2.45. The Bertz CT molecular complexity index is 1340. The highest BCUT2D eigenvalue weighted by Crippen LogP contribution is 2.37. The zero-order valence-corrected chi connectivity index (χ0v) is 26.2. The summed E-state index contributed by atoms with van der Waals surface area (Å²) >= 11 is 0. The zero-order valence-electron chi connectivity index (χ0n) is 25.4. The number of nitrogens with two attached hydrogens (primary N) is 1. The second kappa shape index (κ2) is 16.3. The van der Waals surface area contributed by atoms with Gasteiger partial charge >= 0.3 is 5.97 Å². The van der Waals surface area contributed by atoms with Gasteiger partial charge in [-0.1, -0.05) is 86.4 Å². The highest BCUT2D eigenvalue weighted by molar-refractivity contribution is 7.85. The molecule has 1 fully saturated rings. The molecule has 5 N–H and O–H groups in total. The predicted octanol–water partition coefficient (Wildman–Crippen LogP) is 4.99. The van der Waals surface area contributed by atoms with Gasteiger partial charge in [0.15, 0.2) is 0 Å². The first kappa shape index (κ1) is 35.7. The maximum atomic E-state index is 13.5. The molecular weight excluding hydrogens is 570 g/mol. The molecule has 2 aromatic carbocycles. The zero-order chi connectivity index (χ0) is 32.2. The molecule has 0 spiro atoms. The first-order chi connectivity index (χ1) is 20.2. The molecular formula is C32H45N3O7S. The van der Waals surface area contributed by atoms with Crippen LogP contribution in [0.5, 0.6) is 0 Å². The van der Waals surface area contributed by atoms with Crippen LogP contribution < -0.4 is 11.2 Å². The number of carboxylic acid groups (broad SMARTS) is 1. The van der Waals surface area contributed by atoms with E-state index in [9.17, 15) is 27.9 Å². The molecule has 2 aromatic rings. The Kier molecular flexibility index (Phi) is 13.6. The number of amides is 2. The van der Waals surface area contributed by atoms with Crippen LogP contribution in [0.25, 0.3) is 6.08 Å². The van der Waals surface area contributed by atoms with Crippen LogP contribution in [0.3, 0.4) is 0 Å². The van der Waals surface area contributed by atoms with Crippen LogP contribution in [0.1, 0.15) is 76.8 Å². The third kappa shape index (κ3) is 10.6. The summed E-state index contributed by atoms with van der Waals surface area (Å²) < 4.78 is 29.6. The molecule has 1 aliphatic rings. The summed E-state index contributed by atoms with van der Waals surface area (Å²) in [5.41, 5.74) is 9.36. The number of hydrazine groups is 1. The number of benzene rings is 2. The van der Waals surface area contributed by atoms with E-state index < -0.39 is 39.4 Å². The normalized spacial score (nSPS) is 16.4. The van der Waals surface area contributed by atoms with E-state index in [4.69, 9.17) is 10.3 Å². The van der Waals surface area contributed by atoms with Gasteiger partial charge in [0.25, 0.3) is 16.0 Å². The lowest BCUT2D eigenvalue weighted by Crippen LogP contribution is -2.59. The molecule has 0 bridgehead atoms. The predicted molar refractivity (Wildman–Crippen MR) is 166 cm³/mol. The molecule has 0 heterocycles. The van der Waals surface area contributed by atoms with Gasteiger partial charge in [-0.2, -0.15) is 8.42 Å². The third-order valence-corrected chi connectivity index (χ3v) is 8.56. The molecule has 0 saturated heterocycles. The molecule has 2 amide bonds.